The van der Waals surface area contributed by atoms with Crippen LogP contribution in [0.15, 0.2) is 35.0 Å². The largest absolute Gasteiger partial charge is 0.356 e. The van der Waals surface area contributed by atoms with Crippen molar-refractivity contribution in [1.29, 1.82) is 0 Å². The third kappa shape index (κ3) is 1.81. The van der Waals surface area contributed by atoms with Crippen molar-refractivity contribution >= 4 is 5.78 Å². The van der Waals surface area contributed by atoms with Gasteiger partial charge in [0.05, 0.1) is 11.8 Å². The quantitative estimate of drug-likeness (QED) is 0.701. The number of ketones is 1. The lowest BCUT2D eigenvalue weighted by molar-refractivity contribution is 0.101. The molecule has 76 valence electrons. The molecule has 1 heterocycles. The summed E-state index contributed by atoms with van der Waals surface area (Å²) in [5.74, 6) is 0.509. The van der Waals surface area contributed by atoms with Crippen LogP contribution in [0.3, 0.4) is 0 Å². The first-order valence-electron chi connectivity index (χ1n) is 4.71. The van der Waals surface area contributed by atoms with Crippen molar-refractivity contribution < 1.29 is 9.32 Å². The van der Waals surface area contributed by atoms with Gasteiger partial charge in [-0.25, -0.2) is 0 Å². The van der Waals surface area contributed by atoms with E-state index in [0.29, 0.717) is 11.3 Å². The minimum Gasteiger partial charge on any atom is -0.356 e. The molecule has 0 aliphatic carbocycles. The van der Waals surface area contributed by atoms with Crippen LogP contribution < -0.4 is 0 Å². The Bertz CT molecular complexity index is 483. The maximum Gasteiger partial charge on any atom is 0.177 e. The SMILES string of the molecule is CC(=O)c1cnoc1-c1ccc(C)cc1. The maximum absolute atomic E-state index is 11.3. The molecule has 2 aromatic rings. The third-order valence-electron chi connectivity index (χ3n) is 2.26. The number of rotatable bonds is 2. The van der Waals surface area contributed by atoms with Crippen molar-refractivity contribution in [2.45, 2.75) is 13.8 Å². The van der Waals surface area contributed by atoms with E-state index in [1.807, 2.05) is 31.2 Å². The van der Waals surface area contributed by atoms with Crippen molar-refractivity contribution in [2.75, 3.05) is 0 Å². The second-order valence-electron chi connectivity index (χ2n) is 3.49. The molecule has 0 saturated carbocycles. The highest BCUT2D eigenvalue weighted by Crippen LogP contribution is 2.23. The van der Waals surface area contributed by atoms with Crippen LogP contribution >= 0.6 is 0 Å². The standard InChI is InChI=1S/C12H11NO2/c1-8-3-5-10(6-4-8)12-11(9(2)14)7-13-15-12/h3-7H,1-2H3. The summed E-state index contributed by atoms with van der Waals surface area (Å²) < 4.78 is 5.08. The smallest absolute Gasteiger partial charge is 0.177 e. The molecule has 3 nitrogen and oxygen atoms in total. The van der Waals surface area contributed by atoms with Crippen LogP contribution in [-0.4, -0.2) is 10.9 Å². The number of carbonyl (C=O) groups excluding carboxylic acids is 1. The first-order valence-corrected chi connectivity index (χ1v) is 4.71. The monoisotopic (exact) mass is 201 g/mol. The molecule has 0 spiro atoms. The molecule has 1 aromatic carbocycles. The van der Waals surface area contributed by atoms with Gasteiger partial charge in [-0.3, -0.25) is 4.79 Å². The van der Waals surface area contributed by atoms with E-state index in [4.69, 9.17) is 4.52 Å². The Kier molecular flexibility index (Phi) is 2.37. The molecule has 3 heteroatoms. The summed E-state index contributed by atoms with van der Waals surface area (Å²) in [5, 5.41) is 3.65. The number of hydrogen-bond donors (Lipinski definition) is 0. The first-order chi connectivity index (χ1) is 7.18. The number of benzene rings is 1. The highest BCUT2D eigenvalue weighted by Gasteiger charge is 2.13. The Morgan fingerprint density at radius 3 is 2.53 bits per heavy atom. The van der Waals surface area contributed by atoms with Gasteiger partial charge in [-0.05, 0) is 13.8 Å². The first kappa shape index (κ1) is 9.65. The lowest BCUT2D eigenvalue weighted by Crippen LogP contribution is -1.91. The van der Waals surface area contributed by atoms with Gasteiger partial charge in [0.25, 0.3) is 0 Å². The minimum atomic E-state index is -0.0353. The summed E-state index contributed by atoms with van der Waals surface area (Å²) in [6.07, 6.45) is 1.46. The van der Waals surface area contributed by atoms with Gasteiger partial charge in [-0.15, -0.1) is 0 Å². The highest BCUT2D eigenvalue weighted by molar-refractivity contribution is 5.99. The number of nitrogens with zero attached hydrogens (tertiary/aromatic N) is 1. The number of Topliss-reactive ketones (excluding diaryl/α,β-unsaturated/α-hetero) is 1. The van der Waals surface area contributed by atoms with E-state index in [0.717, 1.165) is 5.56 Å². The predicted octanol–water partition coefficient (Wildman–Crippen LogP) is 2.85. The Labute approximate surface area is 87.7 Å². The van der Waals surface area contributed by atoms with Gasteiger partial charge in [0.15, 0.2) is 11.5 Å². The Morgan fingerprint density at radius 1 is 1.27 bits per heavy atom. The topological polar surface area (TPSA) is 43.1 Å². The fourth-order valence-corrected chi connectivity index (χ4v) is 1.40. The van der Waals surface area contributed by atoms with Gasteiger partial charge in [-0.2, -0.15) is 0 Å². The second kappa shape index (κ2) is 3.69. The molecule has 0 fully saturated rings. The third-order valence-corrected chi connectivity index (χ3v) is 2.26. The summed E-state index contributed by atoms with van der Waals surface area (Å²) in [6.45, 7) is 3.51. The van der Waals surface area contributed by atoms with Gasteiger partial charge in [-0.1, -0.05) is 35.0 Å². The predicted molar refractivity (Wildman–Crippen MR) is 56.7 cm³/mol. The van der Waals surface area contributed by atoms with E-state index in [1.54, 1.807) is 0 Å². The molecule has 0 atom stereocenters. The lowest BCUT2D eigenvalue weighted by Gasteiger charge is -1.98. The van der Waals surface area contributed by atoms with E-state index in [2.05, 4.69) is 5.16 Å². The summed E-state index contributed by atoms with van der Waals surface area (Å²) in [5.41, 5.74) is 2.57. The van der Waals surface area contributed by atoms with E-state index < -0.39 is 0 Å². The zero-order valence-corrected chi connectivity index (χ0v) is 8.65. The summed E-state index contributed by atoms with van der Waals surface area (Å²) in [4.78, 5) is 11.3. The molecular formula is C12H11NO2. The molecule has 0 aliphatic heterocycles. The molecule has 0 saturated heterocycles. The van der Waals surface area contributed by atoms with Gasteiger partial charge in [0.1, 0.15) is 0 Å². The zero-order valence-electron chi connectivity index (χ0n) is 8.65. The van der Waals surface area contributed by atoms with E-state index in [9.17, 15) is 4.79 Å². The molecule has 0 unspecified atom stereocenters. The number of hydrogen-bond acceptors (Lipinski definition) is 3. The Hall–Kier alpha value is -1.90. The molecule has 0 N–H and O–H groups in total. The Balaban J connectivity index is 2.49. The van der Waals surface area contributed by atoms with Crippen LogP contribution in [0.2, 0.25) is 0 Å². The fourth-order valence-electron chi connectivity index (χ4n) is 1.40. The van der Waals surface area contributed by atoms with Crippen LogP contribution in [0, 0.1) is 6.92 Å². The highest BCUT2D eigenvalue weighted by atomic mass is 16.5. The molecule has 1 aromatic heterocycles. The van der Waals surface area contributed by atoms with E-state index in [-0.39, 0.29) is 5.78 Å². The van der Waals surface area contributed by atoms with Crippen LogP contribution in [-0.2, 0) is 0 Å². The number of carbonyl (C=O) groups is 1. The van der Waals surface area contributed by atoms with Crippen molar-refractivity contribution in [3.8, 4) is 11.3 Å². The minimum absolute atomic E-state index is 0.0353. The average molecular weight is 201 g/mol. The van der Waals surface area contributed by atoms with Crippen molar-refractivity contribution in [2.24, 2.45) is 0 Å². The molecule has 0 aliphatic rings. The maximum atomic E-state index is 11.3. The molecule has 15 heavy (non-hydrogen) atoms. The molecule has 2 rings (SSSR count). The summed E-state index contributed by atoms with van der Waals surface area (Å²) in [6, 6.07) is 7.79. The molecule has 0 amide bonds. The van der Waals surface area contributed by atoms with Crippen molar-refractivity contribution in [3.05, 3.63) is 41.6 Å². The normalized spacial score (nSPS) is 10.3. The van der Waals surface area contributed by atoms with Gasteiger partial charge in [0.2, 0.25) is 0 Å². The van der Waals surface area contributed by atoms with E-state index >= 15 is 0 Å². The van der Waals surface area contributed by atoms with Crippen LogP contribution in [0.5, 0.6) is 0 Å². The van der Waals surface area contributed by atoms with Gasteiger partial charge in [0, 0.05) is 5.56 Å². The summed E-state index contributed by atoms with van der Waals surface area (Å²) >= 11 is 0. The van der Waals surface area contributed by atoms with Crippen LogP contribution in [0.25, 0.3) is 11.3 Å². The molecule has 0 bridgehead atoms. The van der Waals surface area contributed by atoms with Gasteiger partial charge >= 0.3 is 0 Å². The zero-order chi connectivity index (χ0) is 10.8. The van der Waals surface area contributed by atoms with Crippen molar-refractivity contribution in [1.82, 2.24) is 5.16 Å². The van der Waals surface area contributed by atoms with Crippen LogP contribution in [0.4, 0.5) is 0 Å². The van der Waals surface area contributed by atoms with Crippen molar-refractivity contribution in [3.63, 3.8) is 0 Å². The van der Waals surface area contributed by atoms with Crippen LogP contribution in [0.1, 0.15) is 22.8 Å². The van der Waals surface area contributed by atoms with E-state index in [1.165, 1.54) is 18.7 Å². The lowest BCUT2D eigenvalue weighted by atomic mass is 10.1. The Morgan fingerprint density at radius 2 is 1.93 bits per heavy atom. The molecule has 0 radical (unpaired) electrons. The number of aryl methyl sites for hydroxylation is 1. The average Bonchev–Trinajstić information content (AvgIpc) is 2.67. The summed E-state index contributed by atoms with van der Waals surface area (Å²) in [7, 11) is 0. The number of aromatic nitrogens is 1. The van der Waals surface area contributed by atoms with Gasteiger partial charge < -0.3 is 4.52 Å². The fraction of sp³-hybridized carbons (Fsp3) is 0.167. The molecular weight excluding hydrogens is 190 g/mol. The second-order valence-corrected chi connectivity index (χ2v) is 3.49.